The van der Waals surface area contributed by atoms with Gasteiger partial charge >= 0.3 is 0 Å². The first-order valence-electron chi connectivity index (χ1n) is 5.82. The van der Waals surface area contributed by atoms with Gasteiger partial charge in [0.1, 0.15) is 0 Å². The number of hydrogen-bond acceptors (Lipinski definition) is 3. The molecule has 3 nitrogen and oxygen atoms in total. The normalized spacial score (nSPS) is 11.7. The maximum atomic E-state index is 8.82. The summed E-state index contributed by atoms with van der Waals surface area (Å²) in [4.78, 5) is 2.28. The van der Waals surface area contributed by atoms with Gasteiger partial charge in [-0.25, -0.2) is 0 Å². The summed E-state index contributed by atoms with van der Waals surface area (Å²) in [5.41, 5.74) is -0.165. The number of likely N-dealkylation sites (N-methyl/N-ethyl adjacent to an activating group) is 1. The lowest BCUT2D eigenvalue weighted by Gasteiger charge is -2.16. The zero-order chi connectivity index (χ0) is 11.7. The van der Waals surface area contributed by atoms with Crippen molar-refractivity contribution in [3.8, 4) is 6.07 Å². The quantitative estimate of drug-likeness (QED) is 0.623. The molecule has 0 saturated carbocycles. The van der Waals surface area contributed by atoms with Crippen LogP contribution in [0.3, 0.4) is 0 Å². The second-order valence-corrected chi connectivity index (χ2v) is 4.75. The Balaban J connectivity index is 3.30. The van der Waals surface area contributed by atoms with Gasteiger partial charge in [0, 0.05) is 13.1 Å². The van der Waals surface area contributed by atoms with E-state index in [1.165, 1.54) is 0 Å². The number of nitrogens with one attached hydrogen (secondary N) is 1. The summed E-state index contributed by atoms with van der Waals surface area (Å²) < 4.78 is 0. The fourth-order valence-corrected chi connectivity index (χ4v) is 1.26. The Labute approximate surface area is 94.5 Å². The van der Waals surface area contributed by atoms with E-state index >= 15 is 0 Å². The molecule has 0 aromatic carbocycles. The molecule has 0 unspecified atom stereocenters. The lowest BCUT2D eigenvalue weighted by Crippen LogP contribution is -2.29. The van der Waals surface area contributed by atoms with Crippen molar-refractivity contribution in [3.05, 3.63) is 0 Å². The average molecular weight is 211 g/mol. The summed E-state index contributed by atoms with van der Waals surface area (Å²) in [7, 11) is 2.13. The van der Waals surface area contributed by atoms with Crippen LogP contribution in [0, 0.1) is 16.7 Å². The number of nitrogens with zero attached hydrogens (tertiary/aromatic N) is 2. The summed E-state index contributed by atoms with van der Waals surface area (Å²) in [5, 5.41) is 12.2. The van der Waals surface area contributed by atoms with E-state index < -0.39 is 0 Å². The molecule has 0 aliphatic carbocycles. The predicted molar refractivity (Wildman–Crippen MR) is 64.7 cm³/mol. The van der Waals surface area contributed by atoms with Crippen molar-refractivity contribution in [2.75, 3.05) is 33.2 Å². The van der Waals surface area contributed by atoms with E-state index in [0.29, 0.717) is 0 Å². The minimum absolute atomic E-state index is 0.165. The molecule has 0 spiro atoms. The second kappa shape index (κ2) is 7.67. The van der Waals surface area contributed by atoms with E-state index in [1.807, 2.05) is 13.8 Å². The lowest BCUT2D eigenvalue weighted by atomic mass is 9.90. The molecule has 0 atom stereocenters. The molecule has 0 radical (unpaired) electrons. The van der Waals surface area contributed by atoms with Gasteiger partial charge in [0.2, 0.25) is 0 Å². The topological polar surface area (TPSA) is 39.1 Å². The highest BCUT2D eigenvalue weighted by Crippen LogP contribution is 2.19. The van der Waals surface area contributed by atoms with E-state index in [2.05, 4.69) is 30.3 Å². The third-order valence-corrected chi connectivity index (χ3v) is 2.67. The number of nitriles is 1. The van der Waals surface area contributed by atoms with Crippen LogP contribution in [-0.4, -0.2) is 38.1 Å². The fraction of sp³-hybridized carbons (Fsp3) is 0.917. The van der Waals surface area contributed by atoms with E-state index in [9.17, 15) is 0 Å². The summed E-state index contributed by atoms with van der Waals surface area (Å²) in [6.07, 6.45) is 2.05. The third-order valence-electron chi connectivity index (χ3n) is 2.67. The molecule has 0 aliphatic rings. The van der Waals surface area contributed by atoms with Crippen LogP contribution in [-0.2, 0) is 0 Å². The van der Waals surface area contributed by atoms with Crippen LogP contribution < -0.4 is 5.32 Å². The third kappa shape index (κ3) is 8.41. The number of rotatable bonds is 8. The van der Waals surface area contributed by atoms with Crippen molar-refractivity contribution >= 4 is 0 Å². The molecule has 15 heavy (non-hydrogen) atoms. The van der Waals surface area contributed by atoms with Crippen LogP contribution in [0.2, 0.25) is 0 Å². The largest absolute Gasteiger partial charge is 0.315 e. The smallest absolute Gasteiger partial charge is 0.0683 e. The maximum absolute atomic E-state index is 8.82. The van der Waals surface area contributed by atoms with Crippen LogP contribution in [0.15, 0.2) is 0 Å². The standard InChI is InChI=1S/C12H25N3/c1-5-15(4)10-9-14-8-6-7-12(2,3)11-13/h14H,5-10H2,1-4H3. The Morgan fingerprint density at radius 3 is 2.53 bits per heavy atom. The highest BCUT2D eigenvalue weighted by molar-refractivity contribution is 4.91. The van der Waals surface area contributed by atoms with Crippen molar-refractivity contribution in [2.45, 2.75) is 33.6 Å². The summed E-state index contributed by atoms with van der Waals surface area (Å²) in [6.45, 7) is 10.4. The zero-order valence-corrected chi connectivity index (χ0v) is 10.6. The Morgan fingerprint density at radius 2 is 2.00 bits per heavy atom. The van der Waals surface area contributed by atoms with Gasteiger partial charge in [-0.15, -0.1) is 0 Å². The molecule has 0 heterocycles. The van der Waals surface area contributed by atoms with Crippen LogP contribution in [0.4, 0.5) is 0 Å². The van der Waals surface area contributed by atoms with Crippen LogP contribution in [0.1, 0.15) is 33.6 Å². The van der Waals surface area contributed by atoms with Crippen molar-refractivity contribution in [3.63, 3.8) is 0 Å². The van der Waals surface area contributed by atoms with Crippen molar-refractivity contribution < 1.29 is 0 Å². The van der Waals surface area contributed by atoms with Gasteiger partial charge in [-0.2, -0.15) is 5.26 Å². The molecule has 0 aliphatic heterocycles. The molecule has 0 aromatic rings. The van der Waals surface area contributed by atoms with E-state index in [0.717, 1.165) is 39.0 Å². The molecular weight excluding hydrogens is 186 g/mol. The van der Waals surface area contributed by atoms with E-state index in [4.69, 9.17) is 5.26 Å². The monoisotopic (exact) mass is 211 g/mol. The molecule has 3 heteroatoms. The average Bonchev–Trinajstić information content (AvgIpc) is 2.22. The summed E-state index contributed by atoms with van der Waals surface area (Å²) in [5.74, 6) is 0. The summed E-state index contributed by atoms with van der Waals surface area (Å²) in [6, 6.07) is 2.32. The van der Waals surface area contributed by atoms with Gasteiger partial charge in [0.15, 0.2) is 0 Å². The number of hydrogen-bond donors (Lipinski definition) is 1. The van der Waals surface area contributed by atoms with Gasteiger partial charge in [-0.1, -0.05) is 6.92 Å². The molecule has 0 amide bonds. The molecular formula is C12H25N3. The van der Waals surface area contributed by atoms with E-state index in [1.54, 1.807) is 0 Å². The summed E-state index contributed by atoms with van der Waals surface area (Å²) >= 11 is 0. The first-order valence-corrected chi connectivity index (χ1v) is 5.82. The van der Waals surface area contributed by atoms with Crippen molar-refractivity contribution in [1.29, 1.82) is 5.26 Å². The Morgan fingerprint density at radius 1 is 1.33 bits per heavy atom. The zero-order valence-electron chi connectivity index (χ0n) is 10.6. The molecule has 88 valence electrons. The van der Waals surface area contributed by atoms with Gasteiger partial charge in [0.25, 0.3) is 0 Å². The minimum Gasteiger partial charge on any atom is -0.315 e. The Bertz CT molecular complexity index is 194. The van der Waals surface area contributed by atoms with E-state index in [-0.39, 0.29) is 5.41 Å². The lowest BCUT2D eigenvalue weighted by molar-refractivity contribution is 0.345. The van der Waals surface area contributed by atoms with Gasteiger partial charge in [-0.05, 0) is 46.8 Å². The van der Waals surface area contributed by atoms with Crippen LogP contribution in [0.25, 0.3) is 0 Å². The molecule has 0 rings (SSSR count). The highest BCUT2D eigenvalue weighted by Gasteiger charge is 2.14. The first-order chi connectivity index (χ1) is 7.02. The van der Waals surface area contributed by atoms with Gasteiger partial charge in [-0.3, -0.25) is 0 Å². The maximum Gasteiger partial charge on any atom is 0.0683 e. The molecule has 0 bridgehead atoms. The van der Waals surface area contributed by atoms with Crippen LogP contribution in [0.5, 0.6) is 0 Å². The Kier molecular flexibility index (Phi) is 7.37. The SMILES string of the molecule is CCN(C)CCNCCCC(C)(C)C#N. The predicted octanol–water partition coefficient (Wildman–Crippen LogP) is 1.86. The van der Waals surface area contributed by atoms with Crippen molar-refractivity contribution in [2.24, 2.45) is 5.41 Å². The van der Waals surface area contributed by atoms with Gasteiger partial charge < -0.3 is 10.2 Å². The van der Waals surface area contributed by atoms with Crippen molar-refractivity contribution in [1.82, 2.24) is 10.2 Å². The minimum atomic E-state index is -0.165. The fourth-order valence-electron chi connectivity index (χ4n) is 1.26. The molecule has 0 fully saturated rings. The molecule has 0 aromatic heterocycles. The van der Waals surface area contributed by atoms with Crippen LogP contribution >= 0.6 is 0 Å². The molecule has 0 saturated heterocycles. The first kappa shape index (κ1) is 14.4. The second-order valence-electron chi connectivity index (χ2n) is 4.75. The molecule has 1 N–H and O–H groups in total. The Hall–Kier alpha value is -0.590. The van der Waals surface area contributed by atoms with Gasteiger partial charge in [0.05, 0.1) is 11.5 Å². The highest BCUT2D eigenvalue weighted by atomic mass is 15.1.